The van der Waals surface area contributed by atoms with Crippen molar-refractivity contribution >= 4 is 35.3 Å². The third-order valence-electron chi connectivity index (χ3n) is 4.86. The Morgan fingerprint density at radius 1 is 1.13 bits per heavy atom. The van der Waals surface area contributed by atoms with Crippen LogP contribution in [0.15, 0.2) is 42.5 Å². The molecule has 2 aromatic carbocycles. The molecule has 0 aromatic heterocycles. The fourth-order valence-electron chi connectivity index (χ4n) is 3.42. The second-order valence-corrected chi connectivity index (χ2v) is 8.81. The Hall–Kier alpha value is -3.06. The minimum Gasteiger partial charge on any atom is -0.478 e. The van der Waals surface area contributed by atoms with Gasteiger partial charge in [0.25, 0.3) is 0 Å². The molecule has 1 atom stereocenters. The first kappa shape index (κ1) is 22.6. The number of likely N-dealkylation sites (tertiary alicyclic amines) is 1. The van der Waals surface area contributed by atoms with Gasteiger partial charge >= 0.3 is 12.1 Å². The summed E-state index contributed by atoms with van der Waals surface area (Å²) < 4.78 is 5.42. The molecule has 0 radical (unpaired) electrons. The lowest BCUT2D eigenvalue weighted by molar-refractivity contribution is -0.120. The number of benzene rings is 2. The molecule has 1 aliphatic rings. The smallest absolute Gasteiger partial charge is 0.410 e. The van der Waals surface area contributed by atoms with Crippen LogP contribution in [-0.2, 0) is 9.53 Å². The van der Waals surface area contributed by atoms with Gasteiger partial charge in [0.2, 0.25) is 5.91 Å². The zero-order valence-electron chi connectivity index (χ0n) is 17.6. The van der Waals surface area contributed by atoms with Gasteiger partial charge < -0.3 is 15.2 Å². The van der Waals surface area contributed by atoms with Crippen LogP contribution in [0.4, 0.5) is 10.5 Å². The van der Waals surface area contributed by atoms with Crippen LogP contribution in [0.25, 0.3) is 11.1 Å². The predicted octanol–water partition coefficient (Wildman–Crippen LogP) is 5.04. The third-order valence-corrected chi connectivity index (χ3v) is 5.19. The summed E-state index contributed by atoms with van der Waals surface area (Å²) in [7, 11) is 0. The van der Waals surface area contributed by atoms with Crippen LogP contribution in [-0.4, -0.2) is 46.2 Å². The van der Waals surface area contributed by atoms with Crippen LogP contribution >= 0.6 is 11.6 Å². The predicted molar refractivity (Wildman–Crippen MR) is 118 cm³/mol. The molecule has 0 saturated carbocycles. The quantitative estimate of drug-likeness (QED) is 0.688. The Bertz CT molecular complexity index is 998. The lowest BCUT2D eigenvalue weighted by atomic mass is 10.0. The molecule has 1 fully saturated rings. The molecule has 1 aliphatic heterocycles. The fraction of sp³-hybridized carbons (Fsp3) is 0.348. The Morgan fingerprint density at radius 2 is 1.81 bits per heavy atom. The van der Waals surface area contributed by atoms with Crippen LogP contribution in [0.5, 0.6) is 0 Å². The minimum atomic E-state index is -1.01. The number of rotatable bonds is 4. The Morgan fingerprint density at radius 3 is 2.42 bits per heavy atom. The number of carbonyl (C=O) groups excluding carboxylic acids is 2. The van der Waals surface area contributed by atoms with Crippen LogP contribution < -0.4 is 5.32 Å². The van der Waals surface area contributed by atoms with Crippen molar-refractivity contribution in [1.82, 2.24) is 4.90 Å². The molecule has 3 rings (SSSR count). The molecular weight excluding hydrogens is 420 g/mol. The summed E-state index contributed by atoms with van der Waals surface area (Å²) in [5.41, 5.74) is 1.45. The monoisotopic (exact) mass is 444 g/mol. The Kier molecular flexibility index (Phi) is 6.55. The summed E-state index contributed by atoms with van der Waals surface area (Å²) in [5.74, 6) is -1.30. The normalized spacial score (nSPS) is 16.1. The Balaban J connectivity index is 1.76. The maximum Gasteiger partial charge on any atom is 0.410 e. The van der Waals surface area contributed by atoms with Gasteiger partial charge in [-0.2, -0.15) is 0 Å². The first-order valence-electron chi connectivity index (χ1n) is 9.99. The Labute approximate surface area is 186 Å². The topological polar surface area (TPSA) is 95.9 Å². The van der Waals surface area contributed by atoms with E-state index in [4.69, 9.17) is 21.4 Å². The minimum absolute atomic E-state index is 0.174. The third kappa shape index (κ3) is 5.55. The molecule has 2 aromatic rings. The van der Waals surface area contributed by atoms with Crippen LogP contribution in [0.3, 0.4) is 0 Å². The highest BCUT2D eigenvalue weighted by Gasteiger charge is 2.36. The number of carbonyl (C=O) groups is 3. The zero-order chi connectivity index (χ0) is 22.8. The number of carboxylic acids is 1. The van der Waals surface area contributed by atoms with Gasteiger partial charge in [0.15, 0.2) is 0 Å². The summed E-state index contributed by atoms with van der Waals surface area (Å²) >= 11 is 6.32. The molecule has 2 N–H and O–H groups in total. The maximum atomic E-state index is 12.9. The van der Waals surface area contributed by atoms with E-state index in [-0.39, 0.29) is 11.5 Å². The molecule has 1 heterocycles. The number of ether oxygens (including phenoxy) is 1. The van der Waals surface area contributed by atoms with Crippen molar-refractivity contribution < 1.29 is 24.2 Å². The number of aromatic carboxylic acids is 1. The van der Waals surface area contributed by atoms with Crippen molar-refractivity contribution in [3.05, 3.63) is 53.1 Å². The molecule has 2 amide bonds. The highest BCUT2D eigenvalue weighted by atomic mass is 35.5. The average Bonchev–Trinajstić information content (AvgIpc) is 3.18. The molecule has 0 aliphatic carbocycles. The van der Waals surface area contributed by atoms with E-state index < -0.39 is 23.7 Å². The lowest BCUT2D eigenvalue weighted by Gasteiger charge is -2.28. The standard InChI is InChI=1S/C23H25ClN2O5/c1-23(2,3)31-22(30)26-12-4-5-19(26)20(27)25-16-10-11-18(24)17(13-16)14-6-8-15(9-7-14)21(28)29/h6-11,13,19H,4-5,12H2,1-3H3,(H,25,27)(H,28,29). The molecule has 8 heteroatoms. The number of anilines is 1. The first-order chi connectivity index (χ1) is 14.5. The number of hydrogen-bond donors (Lipinski definition) is 2. The van der Waals surface area contributed by atoms with Gasteiger partial charge in [-0.25, -0.2) is 9.59 Å². The van der Waals surface area contributed by atoms with Gasteiger partial charge in [0.1, 0.15) is 11.6 Å². The van der Waals surface area contributed by atoms with Crippen molar-refractivity contribution in [3.63, 3.8) is 0 Å². The van der Waals surface area contributed by atoms with Gasteiger partial charge in [0.05, 0.1) is 5.56 Å². The number of nitrogens with zero attached hydrogens (tertiary/aromatic N) is 1. The molecule has 31 heavy (non-hydrogen) atoms. The molecule has 0 spiro atoms. The van der Waals surface area contributed by atoms with Gasteiger partial charge in [-0.3, -0.25) is 9.69 Å². The van der Waals surface area contributed by atoms with Gasteiger partial charge in [-0.1, -0.05) is 23.7 Å². The molecule has 0 bridgehead atoms. The largest absolute Gasteiger partial charge is 0.478 e. The number of nitrogens with one attached hydrogen (secondary N) is 1. The lowest BCUT2D eigenvalue weighted by Crippen LogP contribution is -2.45. The highest BCUT2D eigenvalue weighted by molar-refractivity contribution is 6.33. The summed E-state index contributed by atoms with van der Waals surface area (Å²) in [6, 6.07) is 10.8. The second kappa shape index (κ2) is 8.98. The van der Waals surface area contributed by atoms with E-state index in [1.165, 1.54) is 17.0 Å². The van der Waals surface area contributed by atoms with Crippen LogP contribution in [0.2, 0.25) is 5.02 Å². The molecule has 164 valence electrons. The summed E-state index contributed by atoms with van der Waals surface area (Å²) in [6.45, 7) is 5.83. The van der Waals surface area contributed by atoms with Crippen molar-refractivity contribution in [1.29, 1.82) is 0 Å². The molecule has 7 nitrogen and oxygen atoms in total. The van der Waals surface area contributed by atoms with E-state index in [2.05, 4.69) is 5.32 Å². The van der Waals surface area contributed by atoms with Crippen molar-refractivity contribution in [2.24, 2.45) is 0 Å². The van der Waals surface area contributed by atoms with Crippen molar-refractivity contribution in [2.45, 2.75) is 45.3 Å². The van der Waals surface area contributed by atoms with Gasteiger partial charge in [0, 0.05) is 22.8 Å². The van der Waals surface area contributed by atoms with Crippen LogP contribution in [0, 0.1) is 0 Å². The van der Waals surface area contributed by atoms with E-state index in [1.807, 2.05) is 0 Å². The van der Waals surface area contributed by atoms with Crippen molar-refractivity contribution in [3.8, 4) is 11.1 Å². The number of hydrogen-bond acceptors (Lipinski definition) is 4. The van der Waals surface area contributed by atoms with E-state index >= 15 is 0 Å². The van der Waals surface area contributed by atoms with E-state index in [9.17, 15) is 14.4 Å². The van der Waals surface area contributed by atoms with Crippen LogP contribution in [0.1, 0.15) is 44.0 Å². The zero-order valence-corrected chi connectivity index (χ0v) is 18.4. The summed E-state index contributed by atoms with van der Waals surface area (Å²) in [5, 5.41) is 12.4. The summed E-state index contributed by atoms with van der Waals surface area (Å²) in [4.78, 5) is 37.9. The number of carboxylic acid groups (broad SMARTS) is 1. The first-order valence-corrected chi connectivity index (χ1v) is 10.4. The highest BCUT2D eigenvalue weighted by Crippen LogP contribution is 2.31. The summed E-state index contributed by atoms with van der Waals surface area (Å²) in [6.07, 6.45) is 0.779. The molecular formula is C23H25ClN2O5. The van der Waals surface area contributed by atoms with E-state index in [0.29, 0.717) is 29.2 Å². The number of halogens is 1. The van der Waals surface area contributed by atoms with Gasteiger partial charge in [-0.15, -0.1) is 0 Å². The van der Waals surface area contributed by atoms with E-state index in [1.54, 1.807) is 51.1 Å². The average molecular weight is 445 g/mol. The molecule has 1 saturated heterocycles. The number of amides is 2. The maximum absolute atomic E-state index is 12.9. The molecule has 1 unspecified atom stereocenters. The van der Waals surface area contributed by atoms with Gasteiger partial charge in [-0.05, 0) is 69.5 Å². The fourth-order valence-corrected chi connectivity index (χ4v) is 3.65. The SMILES string of the molecule is CC(C)(C)OC(=O)N1CCCC1C(=O)Nc1ccc(Cl)c(-c2ccc(C(=O)O)cc2)c1. The van der Waals surface area contributed by atoms with Crippen molar-refractivity contribution in [2.75, 3.05) is 11.9 Å². The second-order valence-electron chi connectivity index (χ2n) is 8.40. The van der Waals surface area contributed by atoms with E-state index in [0.717, 1.165) is 12.0 Å².